The van der Waals surface area contributed by atoms with E-state index in [-0.39, 0.29) is 43.8 Å². The van der Waals surface area contributed by atoms with Gasteiger partial charge in [0, 0.05) is 27.1 Å². The fourth-order valence-electron chi connectivity index (χ4n) is 5.85. The maximum atomic E-state index is 14.6. The number of carbonyl (C=O) groups is 2. The molecule has 0 radical (unpaired) electrons. The van der Waals surface area contributed by atoms with Gasteiger partial charge in [0.2, 0.25) is 0 Å². The van der Waals surface area contributed by atoms with Crippen LogP contribution in [0.2, 0.25) is 0 Å². The van der Waals surface area contributed by atoms with Crippen LogP contribution in [0.4, 0.5) is 13.2 Å². The standard InChI is InChI=1S/C26H18F3N3O6/c27-8-1-3-12-10(5-8)15-17-18(25(37)31-24(17)36)16-11-6-9(28)2-4-13(11)32(21(16)20(15)30-12)26-23(35)22(34)19(29)14(7-33)38-26/h1-6,14,19,22-23,26,30,33-35H,7H2,(H,31,36,37)/t14-,19-,22+,23-,26-/m0/s1. The molecule has 2 aliphatic heterocycles. The van der Waals surface area contributed by atoms with Gasteiger partial charge in [-0.2, -0.15) is 0 Å². The number of H-pyrrole nitrogens is 1. The fourth-order valence-corrected chi connectivity index (χ4v) is 5.85. The maximum absolute atomic E-state index is 14.6. The first-order valence-corrected chi connectivity index (χ1v) is 11.7. The molecule has 9 nitrogen and oxygen atoms in total. The van der Waals surface area contributed by atoms with E-state index >= 15 is 0 Å². The lowest BCUT2D eigenvalue weighted by atomic mass is 9.96. The highest BCUT2D eigenvalue weighted by Gasteiger charge is 2.47. The van der Waals surface area contributed by atoms with E-state index in [4.69, 9.17) is 4.74 Å². The van der Waals surface area contributed by atoms with Crippen LogP contribution in [-0.4, -0.2) is 67.8 Å². The first-order valence-electron chi connectivity index (χ1n) is 11.7. The first kappa shape index (κ1) is 23.2. The Morgan fingerprint density at radius 3 is 2.29 bits per heavy atom. The minimum atomic E-state index is -2.10. The van der Waals surface area contributed by atoms with Crippen LogP contribution >= 0.6 is 0 Å². The van der Waals surface area contributed by atoms with E-state index in [9.17, 15) is 38.1 Å². The number of alkyl halides is 1. The molecular formula is C26H18F3N3O6. The van der Waals surface area contributed by atoms with Gasteiger partial charge in [-0.1, -0.05) is 0 Å². The van der Waals surface area contributed by atoms with Gasteiger partial charge in [-0.15, -0.1) is 0 Å². The molecule has 5 N–H and O–H groups in total. The van der Waals surface area contributed by atoms with Gasteiger partial charge in [0.25, 0.3) is 11.8 Å². The molecule has 7 rings (SSSR count). The molecule has 0 unspecified atom stereocenters. The molecule has 1 saturated heterocycles. The molecule has 1 fully saturated rings. The average Bonchev–Trinajstić information content (AvgIpc) is 3.51. The Balaban J connectivity index is 1.72. The highest BCUT2D eigenvalue weighted by Crippen LogP contribution is 2.46. The Hall–Kier alpha value is -3.97. The number of fused-ring (bicyclic) bond motifs is 10. The molecule has 5 atom stereocenters. The van der Waals surface area contributed by atoms with Crippen molar-refractivity contribution >= 4 is 55.4 Å². The molecule has 2 aliphatic rings. The number of aromatic nitrogens is 2. The summed E-state index contributed by atoms with van der Waals surface area (Å²) in [5, 5.41) is 34.1. The SMILES string of the molecule is O=C1NC(=O)c2c1c1c3cc(F)ccc3[nH]c1c1c2c2cc(F)ccc2n1[C@H]1O[C@@H](CO)[C@H](F)[C@@H](O)[C@@H]1O. The van der Waals surface area contributed by atoms with Gasteiger partial charge in [-0.25, -0.2) is 13.2 Å². The van der Waals surface area contributed by atoms with Crippen LogP contribution in [0, 0.1) is 11.6 Å². The fraction of sp³-hybridized carbons (Fsp3) is 0.231. The van der Waals surface area contributed by atoms with Crippen molar-refractivity contribution < 1.29 is 42.8 Å². The monoisotopic (exact) mass is 525 g/mol. The lowest BCUT2D eigenvalue weighted by Crippen LogP contribution is -2.54. The zero-order valence-corrected chi connectivity index (χ0v) is 19.2. The Labute approximate surface area is 210 Å². The van der Waals surface area contributed by atoms with E-state index in [0.717, 1.165) is 12.1 Å². The number of nitrogens with zero attached hydrogens (tertiary/aromatic N) is 1. The Morgan fingerprint density at radius 2 is 1.58 bits per heavy atom. The van der Waals surface area contributed by atoms with Crippen LogP contribution in [0.25, 0.3) is 43.6 Å². The number of nitrogens with one attached hydrogen (secondary N) is 2. The van der Waals surface area contributed by atoms with E-state index in [1.54, 1.807) is 0 Å². The number of halogens is 3. The number of hydrogen-bond acceptors (Lipinski definition) is 6. The van der Waals surface area contributed by atoms with Gasteiger partial charge in [0.05, 0.1) is 34.3 Å². The summed E-state index contributed by atoms with van der Waals surface area (Å²) in [5.41, 5.74) is 0.969. The van der Waals surface area contributed by atoms with Gasteiger partial charge < -0.3 is 29.6 Å². The van der Waals surface area contributed by atoms with Crippen molar-refractivity contribution in [2.45, 2.75) is 30.7 Å². The Morgan fingerprint density at radius 1 is 0.921 bits per heavy atom. The van der Waals surface area contributed by atoms with Gasteiger partial charge >= 0.3 is 0 Å². The summed E-state index contributed by atoms with van der Waals surface area (Å²) in [6.07, 6.45) is -8.87. The van der Waals surface area contributed by atoms with E-state index < -0.39 is 60.8 Å². The molecule has 3 aromatic carbocycles. The predicted molar refractivity (Wildman–Crippen MR) is 128 cm³/mol. The van der Waals surface area contributed by atoms with Crippen LogP contribution in [0.15, 0.2) is 36.4 Å². The number of aliphatic hydroxyl groups excluding tert-OH is 3. The van der Waals surface area contributed by atoms with Crippen LogP contribution in [0.1, 0.15) is 26.9 Å². The number of hydrogen-bond donors (Lipinski definition) is 5. The number of aromatic amines is 1. The first-order chi connectivity index (χ1) is 18.2. The van der Waals surface area contributed by atoms with Crippen LogP contribution in [0.5, 0.6) is 0 Å². The third-order valence-electron chi connectivity index (χ3n) is 7.47. The summed E-state index contributed by atoms with van der Waals surface area (Å²) in [7, 11) is 0. The molecule has 2 aromatic heterocycles. The average molecular weight is 525 g/mol. The number of amides is 2. The predicted octanol–water partition coefficient (Wildman–Crippen LogP) is 2.54. The van der Waals surface area contributed by atoms with E-state index in [1.807, 2.05) is 0 Å². The normalized spacial score (nSPS) is 25.7. The number of aliphatic hydroxyl groups is 3. The second-order valence-electron chi connectivity index (χ2n) is 9.53. The molecule has 5 aromatic rings. The van der Waals surface area contributed by atoms with Gasteiger partial charge in [0.15, 0.2) is 12.4 Å². The zero-order valence-electron chi connectivity index (χ0n) is 19.2. The maximum Gasteiger partial charge on any atom is 0.259 e. The quantitative estimate of drug-likeness (QED) is 0.225. The van der Waals surface area contributed by atoms with E-state index in [2.05, 4.69) is 10.3 Å². The van der Waals surface area contributed by atoms with Crippen molar-refractivity contribution in [1.29, 1.82) is 0 Å². The number of rotatable bonds is 2. The Bertz CT molecular complexity index is 1860. The molecule has 194 valence electrons. The molecule has 4 heterocycles. The van der Waals surface area contributed by atoms with E-state index in [0.29, 0.717) is 10.9 Å². The Kier molecular flexibility index (Phi) is 4.74. The minimum Gasteiger partial charge on any atom is -0.394 e. The summed E-state index contributed by atoms with van der Waals surface area (Å²) >= 11 is 0. The largest absolute Gasteiger partial charge is 0.394 e. The zero-order chi connectivity index (χ0) is 26.6. The molecule has 0 saturated carbocycles. The lowest BCUT2D eigenvalue weighted by molar-refractivity contribution is -0.233. The summed E-state index contributed by atoms with van der Waals surface area (Å²) in [6.45, 7) is -0.805. The molecule has 2 amide bonds. The second-order valence-corrected chi connectivity index (χ2v) is 9.53. The topological polar surface area (TPSA) is 137 Å². The lowest BCUT2D eigenvalue weighted by Gasteiger charge is -2.40. The summed E-state index contributed by atoms with van der Waals surface area (Å²) in [6, 6.07) is 7.50. The number of imide groups is 1. The molecule has 0 bridgehead atoms. The summed E-state index contributed by atoms with van der Waals surface area (Å²) in [4.78, 5) is 29.2. The van der Waals surface area contributed by atoms with Gasteiger partial charge in [-0.05, 0) is 36.4 Å². The third-order valence-corrected chi connectivity index (χ3v) is 7.47. The molecule has 0 aliphatic carbocycles. The number of carbonyl (C=O) groups excluding carboxylic acids is 2. The second kappa shape index (κ2) is 7.77. The van der Waals surface area contributed by atoms with Crippen molar-refractivity contribution in [1.82, 2.24) is 14.9 Å². The highest BCUT2D eigenvalue weighted by molar-refractivity contribution is 6.39. The van der Waals surface area contributed by atoms with Crippen molar-refractivity contribution in [3.05, 3.63) is 59.2 Å². The minimum absolute atomic E-state index is 0.0279. The summed E-state index contributed by atoms with van der Waals surface area (Å²) < 4.78 is 50.6. The third kappa shape index (κ3) is 2.85. The molecule has 38 heavy (non-hydrogen) atoms. The van der Waals surface area contributed by atoms with Crippen LogP contribution in [-0.2, 0) is 4.74 Å². The van der Waals surface area contributed by atoms with Crippen molar-refractivity contribution in [3.63, 3.8) is 0 Å². The van der Waals surface area contributed by atoms with E-state index in [1.165, 1.54) is 28.8 Å². The van der Waals surface area contributed by atoms with Crippen molar-refractivity contribution in [2.24, 2.45) is 0 Å². The molecular weight excluding hydrogens is 507 g/mol. The summed E-state index contributed by atoms with van der Waals surface area (Å²) in [5.74, 6) is -2.72. The van der Waals surface area contributed by atoms with Crippen molar-refractivity contribution in [2.75, 3.05) is 6.61 Å². The van der Waals surface area contributed by atoms with Gasteiger partial charge in [0.1, 0.15) is 29.9 Å². The molecule has 0 spiro atoms. The van der Waals surface area contributed by atoms with Gasteiger partial charge in [-0.3, -0.25) is 14.9 Å². The molecule has 12 heteroatoms. The van der Waals surface area contributed by atoms with Crippen LogP contribution < -0.4 is 5.32 Å². The number of ether oxygens (including phenoxy) is 1. The highest BCUT2D eigenvalue weighted by atomic mass is 19.1. The van der Waals surface area contributed by atoms with Crippen LogP contribution in [0.3, 0.4) is 0 Å². The van der Waals surface area contributed by atoms with Crippen molar-refractivity contribution in [3.8, 4) is 0 Å². The number of benzene rings is 3. The smallest absolute Gasteiger partial charge is 0.259 e.